The Morgan fingerprint density at radius 3 is 2.23 bits per heavy atom. The van der Waals surface area contributed by atoms with Crippen molar-refractivity contribution in [1.82, 2.24) is 15.1 Å². The van der Waals surface area contributed by atoms with Gasteiger partial charge in [-0.25, -0.2) is 4.39 Å². The van der Waals surface area contributed by atoms with E-state index in [1.165, 1.54) is 12.1 Å². The summed E-state index contributed by atoms with van der Waals surface area (Å²) >= 11 is 0. The summed E-state index contributed by atoms with van der Waals surface area (Å²) < 4.78 is 13.0. The van der Waals surface area contributed by atoms with Crippen molar-refractivity contribution in [3.63, 3.8) is 0 Å². The van der Waals surface area contributed by atoms with Crippen molar-refractivity contribution in [3.8, 4) is 0 Å². The topological polar surface area (TPSA) is 73.0 Å². The molecule has 2 aliphatic rings. The van der Waals surface area contributed by atoms with Crippen LogP contribution < -0.4 is 10.2 Å². The Bertz CT molecular complexity index is 656. The van der Waals surface area contributed by atoms with Gasteiger partial charge >= 0.3 is 0 Å². The Labute approximate surface area is 151 Å². The quantitative estimate of drug-likeness (QED) is 0.733. The predicted octanol–water partition coefficient (Wildman–Crippen LogP) is 0.213. The zero-order valence-corrected chi connectivity index (χ0v) is 14.6. The van der Waals surface area contributed by atoms with E-state index in [1.807, 2.05) is 0 Å². The molecule has 3 rings (SSSR count). The van der Waals surface area contributed by atoms with E-state index in [-0.39, 0.29) is 42.9 Å². The number of anilines is 1. The standard InChI is InChI=1S/C18H23FN4O3/c19-14-1-3-15(4-2-14)22-11-9-21(10-12-22)8-7-20-16(24)13-23-17(25)5-6-18(23)26/h1-4H,5-13H2,(H,20,24). The summed E-state index contributed by atoms with van der Waals surface area (Å²) in [5.74, 6) is -1.09. The maximum Gasteiger partial charge on any atom is 0.240 e. The Balaban J connectivity index is 1.35. The molecule has 26 heavy (non-hydrogen) atoms. The Kier molecular flexibility index (Phi) is 5.82. The third-order valence-corrected chi connectivity index (χ3v) is 4.77. The van der Waals surface area contributed by atoms with E-state index in [9.17, 15) is 18.8 Å². The molecule has 0 bridgehead atoms. The van der Waals surface area contributed by atoms with Crippen LogP contribution in [0.15, 0.2) is 24.3 Å². The fourth-order valence-corrected chi connectivity index (χ4v) is 3.23. The molecule has 2 saturated heterocycles. The lowest BCUT2D eigenvalue weighted by atomic mass is 10.2. The molecule has 2 aliphatic heterocycles. The van der Waals surface area contributed by atoms with Crippen molar-refractivity contribution < 1.29 is 18.8 Å². The smallest absolute Gasteiger partial charge is 0.240 e. The monoisotopic (exact) mass is 362 g/mol. The van der Waals surface area contributed by atoms with E-state index >= 15 is 0 Å². The molecule has 8 heteroatoms. The van der Waals surface area contributed by atoms with Gasteiger partial charge in [-0.1, -0.05) is 0 Å². The second-order valence-corrected chi connectivity index (χ2v) is 6.53. The van der Waals surface area contributed by atoms with Gasteiger partial charge in [0, 0.05) is 57.8 Å². The molecule has 0 unspecified atom stereocenters. The van der Waals surface area contributed by atoms with Crippen molar-refractivity contribution in [3.05, 3.63) is 30.1 Å². The number of benzene rings is 1. The summed E-state index contributed by atoms with van der Waals surface area (Å²) in [5.41, 5.74) is 1.01. The first-order chi connectivity index (χ1) is 12.5. The summed E-state index contributed by atoms with van der Waals surface area (Å²) in [7, 11) is 0. The highest BCUT2D eigenvalue weighted by Crippen LogP contribution is 2.16. The number of carbonyl (C=O) groups is 3. The predicted molar refractivity (Wildman–Crippen MR) is 94.0 cm³/mol. The molecule has 7 nitrogen and oxygen atoms in total. The molecule has 0 atom stereocenters. The van der Waals surface area contributed by atoms with E-state index < -0.39 is 0 Å². The van der Waals surface area contributed by atoms with Crippen LogP contribution in [-0.2, 0) is 14.4 Å². The number of hydrogen-bond acceptors (Lipinski definition) is 5. The number of likely N-dealkylation sites (tertiary alicyclic amines) is 1. The van der Waals surface area contributed by atoms with Crippen molar-refractivity contribution in [2.45, 2.75) is 12.8 Å². The summed E-state index contributed by atoms with van der Waals surface area (Å²) in [4.78, 5) is 40.4. The fourth-order valence-electron chi connectivity index (χ4n) is 3.23. The van der Waals surface area contributed by atoms with Gasteiger partial charge in [0.05, 0.1) is 0 Å². The first-order valence-electron chi connectivity index (χ1n) is 8.86. The number of amides is 3. The van der Waals surface area contributed by atoms with Crippen LogP contribution in [-0.4, -0.2) is 73.3 Å². The second-order valence-electron chi connectivity index (χ2n) is 6.53. The number of piperazine rings is 1. The van der Waals surface area contributed by atoms with Gasteiger partial charge in [-0.15, -0.1) is 0 Å². The van der Waals surface area contributed by atoms with Crippen LogP contribution in [0.25, 0.3) is 0 Å². The molecule has 3 amide bonds. The van der Waals surface area contributed by atoms with Gasteiger partial charge in [0.25, 0.3) is 0 Å². The van der Waals surface area contributed by atoms with Gasteiger partial charge < -0.3 is 10.2 Å². The zero-order chi connectivity index (χ0) is 18.5. The van der Waals surface area contributed by atoms with Gasteiger partial charge in [0.1, 0.15) is 12.4 Å². The molecule has 1 aromatic carbocycles. The summed E-state index contributed by atoms with van der Waals surface area (Å²) in [6.07, 6.45) is 0.398. The highest BCUT2D eigenvalue weighted by atomic mass is 19.1. The molecule has 0 radical (unpaired) electrons. The molecule has 0 aliphatic carbocycles. The molecule has 140 valence electrons. The molecular formula is C18H23FN4O3. The molecule has 2 fully saturated rings. The van der Waals surface area contributed by atoms with E-state index in [1.54, 1.807) is 12.1 Å². The van der Waals surface area contributed by atoms with E-state index in [0.717, 1.165) is 36.8 Å². The maximum absolute atomic E-state index is 13.0. The van der Waals surface area contributed by atoms with Crippen molar-refractivity contribution in [1.29, 1.82) is 0 Å². The highest BCUT2D eigenvalue weighted by molar-refractivity contribution is 6.04. The van der Waals surface area contributed by atoms with Gasteiger partial charge in [-0.3, -0.25) is 24.2 Å². The van der Waals surface area contributed by atoms with Crippen molar-refractivity contribution in [2.75, 3.05) is 50.7 Å². The van der Waals surface area contributed by atoms with E-state index in [0.29, 0.717) is 13.1 Å². The number of nitrogens with one attached hydrogen (secondary N) is 1. The zero-order valence-electron chi connectivity index (χ0n) is 14.6. The average Bonchev–Trinajstić information content (AvgIpc) is 2.95. The largest absolute Gasteiger partial charge is 0.369 e. The van der Waals surface area contributed by atoms with Crippen molar-refractivity contribution in [2.24, 2.45) is 0 Å². The maximum atomic E-state index is 13.0. The van der Waals surface area contributed by atoms with Gasteiger partial charge in [0.15, 0.2) is 0 Å². The van der Waals surface area contributed by atoms with Crippen LogP contribution in [0.2, 0.25) is 0 Å². The van der Waals surface area contributed by atoms with Crippen LogP contribution in [0, 0.1) is 5.82 Å². The third kappa shape index (κ3) is 4.57. The van der Waals surface area contributed by atoms with Crippen LogP contribution in [0.3, 0.4) is 0 Å². The molecule has 0 spiro atoms. The lowest BCUT2D eigenvalue weighted by Gasteiger charge is -2.36. The van der Waals surface area contributed by atoms with Crippen LogP contribution in [0.5, 0.6) is 0 Å². The summed E-state index contributed by atoms with van der Waals surface area (Å²) in [6, 6.07) is 6.50. The first-order valence-corrected chi connectivity index (χ1v) is 8.86. The van der Waals surface area contributed by atoms with E-state index in [4.69, 9.17) is 0 Å². The van der Waals surface area contributed by atoms with Gasteiger partial charge in [0.2, 0.25) is 17.7 Å². The molecular weight excluding hydrogens is 339 g/mol. The van der Waals surface area contributed by atoms with Crippen LogP contribution in [0.1, 0.15) is 12.8 Å². The minimum atomic E-state index is -0.307. The van der Waals surface area contributed by atoms with E-state index in [2.05, 4.69) is 15.1 Å². The Morgan fingerprint density at radius 2 is 1.62 bits per heavy atom. The lowest BCUT2D eigenvalue weighted by molar-refractivity contribution is -0.142. The summed E-state index contributed by atoms with van der Waals surface area (Å²) in [6.45, 7) is 4.41. The molecule has 1 aromatic rings. The Morgan fingerprint density at radius 1 is 1.00 bits per heavy atom. The minimum absolute atomic E-state index is 0.185. The lowest BCUT2D eigenvalue weighted by Crippen LogP contribution is -2.49. The van der Waals surface area contributed by atoms with Crippen molar-refractivity contribution >= 4 is 23.4 Å². The molecule has 0 saturated carbocycles. The second kappa shape index (κ2) is 8.27. The minimum Gasteiger partial charge on any atom is -0.369 e. The first kappa shape index (κ1) is 18.3. The SMILES string of the molecule is O=C(CN1C(=O)CCC1=O)NCCN1CCN(c2ccc(F)cc2)CC1. The average molecular weight is 362 g/mol. The number of rotatable bonds is 6. The normalized spacial score (nSPS) is 18.5. The van der Waals surface area contributed by atoms with Gasteiger partial charge in [-0.2, -0.15) is 0 Å². The number of carbonyl (C=O) groups excluding carboxylic acids is 3. The Hall–Kier alpha value is -2.48. The number of halogens is 1. The highest BCUT2D eigenvalue weighted by Gasteiger charge is 2.30. The molecule has 2 heterocycles. The number of nitrogens with zero attached hydrogens (tertiary/aromatic N) is 3. The third-order valence-electron chi connectivity index (χ3n) is 4.77. The number of hydrogen-bond donors (Lipinski definition) is 1. The van der Waals surface area contributed by atoms with Crippen LogP contribution in [0.4, 0.5) is 10.1 Å². The fraction of sp³-hybridized carbons (Fsp3) is 0.500. The van der Waals surface area contributed by atoms with Gasteiger partial charge in [-0.05, 0) is 24.3 Å². The molecule has 1 N–H and O–H groups in total. The summed E-state index contributed by atoms with van der Waals surface area (Å²) in [5, 5.41) is 2.77. The van der Waals surface area contributed by atoms with Crippen LogP contribution >= 0.6 is 0 Å². The molecule has 0 aromatic heterocycles. The number of imide groups is 1.